The highest BCUT2D eigenvalue weighted by Gasteiger charge is 2.46. The zero-order valence-corrected chi connectivity index (χ0v) is 41.2. The average Bonchev–Trinajstić information content (AvgIpc) is 4.03. The Morgan fingerprint density at radius 2 is 1.23 bits per heavy atom. The van der Waals surface area contributed by atoms with Gasteiger partial charge in [-0.3, -0.25) is 0 Å². The molecule has 66 heavy (non-hydrogen) atoms. The molecule has 3 nitrogen and oxygen atoms in total. The number of benzene rings is 7. The van der Waals surface area contributed by atoms with Crippen LogP contribution in [0, 0.1) is 0 Å². The molecule has 6 heteroatoms. The predicted octanol–water partition coefficient (Wildman–Crippen LogP) is 16.4. The Kier molecular flexibility index (Phi) is 7.50. The van der Waals surface area contributed by atoms with Crippen molar-refractivity contribution in [3.8, 4) is 16.8 Å². The van der Waals surface area contributed by atoms with Crippen LogP contribution < -0.4 is 15.1 Å². The van der Waals surface area contributed by atoms with Crippen LogP contribution >= 0.6 is 22.7 Å². The Hall–Kier alpha value is -5.82. The van der Waals surface area contributed by atoms with E-state index in [1.165, 1.54) is 136 Å². The van der Waals surface area contributed by atoms with Crippen molar-refractivity contribution in [2.75, 3.05) is 4.81 Å². The van der Waals surface area contributed by atoms with Gasteiger partial charge in [-0.25, -0.2) is 0 Å². The topological polar surface area (TPSA) is 21.3 Å². The van der Waals surface area contributed by atoms with E-state index >= 15 is 0 Å². The van der Waals surface area contributed by atoms with E-state index < -0.39 is 0 Å². The first kappa shape index (κ1) is 39.4. The van der Waals surface area contributed by atoms with Crippen molar-refractivity contribution in [3.05, 3.63) is 138 Å². The third kappa shape index (κ3) is 5.15. The van der Waals surface area contributed by atoms with Gasteiger partial charge in [-0.2, -0.15) is 0 Å². The third-order valence-electron chi connectivity index (χ3n) is 16.1. The maximum Gasteiger partial charge on any atom is 0.343 e. The lowest BCUT2D eigenvalue weighted by Gasteiger charge is -2.41. The van der Waals surface area contributed by atoms with Gasteiger partial charge in [0.2, 0.25) is 0 Å². The van der Waals surface area contributed by atoms with E-state index in [4.69, 9.17) is 4.42 Å². The van der Waals surface area contributed by atoms with Gasteiger partial charge >= 0.3 is 6.85 Å². The van der Waals surface area contributed by atoms with Crippen LogP contribution in [0.2, 0.25) is 0 Å². The van der Waals surface area contributed by atoms with Crippen LogP contribution in [-0.4, -0.2) is 11.4 Å². The molecule has 0 unspecified atom stereocenters. The number of furan rings is 1. The van der Waals surface area contributed by atoms with Gasteiger partial charge in [0.15, 0.2) is 0 Å². The van der Waals surface area contributed by atoms with Gasteiger partial charge in [-0.1, -0.05) is 118 Å². The normalized spacial score (nSPS) is 16.4. The standard InChI is InChI=1S/C60H53BN2OS2/c1-57(2,3)32-15-18-34(19-16-32)63-47-27-41-40-26-44-45(60(9,10)24-23-59(44,7)8)31-49(40)64-48(41)29-38(47)36-20-21-37-39-30-52-42(35-13-11-12-14-50(35)65-52)28-46(39)62-54(37)53(36)61(63)56-55(62)43-25-33(58(4,5)6)17-22-51(43)66-56/h11-22,25-31H,23-24H2,1-10H3. The molecule has 0 saturated carbocycles. The maximum absolute atomic E-state index is 7.04. The molecule has 0 radical (unpaired) electrons. The molecule has 11 aromatic rings. The van der Waals surface area contributed by atoms with Crippen molar-refractivity contribution in [2.24, 2.45) is 0 Å². The molecule has 6 heterocycles. The summed E-state index contributed by atoms with van der Waals surface area (Å²) in [6, 6.07) is 45.4. The maximum atomic E-state index is 7.04. The summed E-state index contributed by atoms with van der Waals surface area (Å²) in [5.74, 6) is 0. The monoisotopic (exact) mass is 892 g/mol. The zero-order valence-electron chi connectivity index (χ0n) is 39.6. The minimum atomic E-state index is -0.0518. The third-order valence-corrected chi connectivity index (χ3v) is 18.5. The van der Waals surface area contributed by atoms with E-state index in [1.807, 2.05) is 22.7 Å². The van der Waals surface area contributed by atoms with Gasteiger partial charge in [0.25, 0.3) is 0 Å². The minimum Gasteiger partial charge on any atom is -0.456 e. The highest BCUT2D eigenvalue weighted by Crippen LogP contribution is 2.53. The van der Waals surface area contributed by atoms with Gasteiger partial charge in [-0.15, -0.1) is 22.7 Å². The van der Waals surface area contributed by atoms with E-state index in [9.17, 15) is 0 Å². The van der Waals surface area contributed by atoms with Crippen LogP contribution in [0.1, 0.15) is 104 Å². The molecule has 0 bridgehead atoms. The van der Waals surface area contributed by atoms with Gasteiger partial charge < -0.3 is 13.8 Å². The van der Waals surface area contributed by atoms with Crippen LogP contribution in [0.15, 0.2) is 120 Å². The Balaban J connectivity index is 1.14. The first-order valence-electron chi connectivity index (χ1n) is 23.9. The summed E-state index contributed by atoms with van der Waals surface area (Å²) in [7, 11) is 0. The van der Waals surface area contributed by atoms with Crippen molar-refractivity contribution in [1.82, 2.24) is 4.57 Å². The van der Waals surface area contributed by atoms with Crippen LogP contribution in [0.3, 0.4) is 0 Å². The zero-order chi connectivity index (χ0) is 45.1. The van der Waals surface area contributed by atoms with E-state index in [-0.39, 0.29) is 28.5 Å². The van der Waals surface area contributed by atoms with Gasteiger partial charge in [0.05, 0.1) is 16.7 Å². The number of hydrogen-bond donors (Lipinski definition) is 0. The number of nitrogens with zero attached hydrogens (tertiary/aromatic N) is 2. The Bertz CT molecular complexity index is 3970. The summed E-state index contributed by atoms with van der Waals surface area (Å²) in [6.07, 6.45) is 2.35. The number of hydrogen-bond acceptors (Lipinski definition) is 4. The van der Waals surface area contributed by atoms with Crippen molar-refractivity contribution in [2.45, 2.75) is 104 Å². The Labute approximate surface area is 394 Å². The van der Waals surface area contributed by atoms with Crippen molar-refractivity contribution in [1.29, 1.82) is 0 Å². The summed E-state index contributed by atoms with van der Waals surface area (Å²) in [6.45, 7) is 23.6. The number of fused-ring (bicyclic) bond motifs is 17. The second-order valence-corrected chi connectivity index (χ2v) is 25.4. The Morgan fingerprint density at radius 1 is 0.545 bits per heavy atom. The molecule has 3 aliphatic rings. The quantitative estimate of drug-likeness (QED) is 0.153. The lowest BCUT2D eigenvalue weighted by Crippen LogP contribution is -2.59. The average molecular weight is 893 g/mol. The van der Waals surface area contributed by atoms with E-state index in [1.54, 1.807) is 0 Å². The van der Waals surface area contributed by atoms with E-state index in [0.29, 0.717) is 0 Å². The lowest BCUT2D eigenvalue weighted by atomic mass is 9.47. The van der Waals surface area contributed by atoms with E-state index in [0.717, 1.165) is 11.2 Å². The summed E-state index contributed by atoms with van der Waals surface area (Å²) >= 11 is 3.90. The van der Waals surface area contributed by atoms with Crippen LogP contribution in [-0.2, 0) is 21.7 Å². The van der Waals surface area contributed by atoms with Crippen LogP contribution in [0.4, 0.5) is 11.4 Å². The van der Waals surface area contributed by atoms with Gasteiger partial charge in [0, 0.05) is 73.5 Å². The minimum absolute atomic E-state index is 0.00611. The number of thiophene rings is 2. The van der Waals surface area contributed by atoms with Crippen molar-refractivity contribution < 1.29 is 4.42 Å². The number of aromatic nitrogens is 1. The SMILES string of the molecule is CC(C)(C)c1ccc(N2B3c4sc5ccc(C(C)(C)C)cc5c4-n4c5cc6c(cc5c5ccc(c3c54)-c3cc4oc5cc7c(cc5c4cc32)C(C)(C)CCC7(C)C)sc2ccccc26)cc1. The first-order valence-corrected chi connectivity index (χ1v) is 25.5. The molecule has 2 aliphatic heterocycles. The van der Waals surface area contributed by atoms with Gasteiger partial charge in [-0.05, 0) is 135 Å². The van der Waals surface area contributed by atoms with Crippen LogP contribution in [0.5, 0.6) is 0 Å². The molecule has 0 N–H and O–H groups in total. The fourth-order valence-corrected chi connectivity index (χ4v) is 14.7. The molecule has 0 fully saturated rings. The molecule has 324 valence electrons. The molecule has 0 amide bonds. The molecule has 0 saturated heterocycles. The second kappa shape index (κ2) is 12.6. The molecule has 0 atom stereocenters. The highest BCUT2D eigenvalue weighted by molar-refractivity contribution is 7.32. The molecule has 7 aromatic carbocycles. The highest BCUT2D eigenvalue weighted by atomic mass is 32.1. The predicted molar refractivity (Wildman–Crippen MR) is 288 cm³/mol. The fraction of sp³-hybridized carbons (Fsp3) is 0.267. The molecular weight excluding hydrogens is 840 g/mol. The molecule has 0 spiro atoms. The summed E-state index contributed by atoms with van der Waals surface area (Å²) < 4.78 is 15.1. The molecule has 4 aromatic heterocycles. The van der Waals surface area contributed by atoms with Gasteiger partial charge in [0.1, 0.15) is 11.2 Å². The smallest absolute Gasteiger partial charge is 0.343 e. The van der Waals surface area contributed by atoms with Crippen LogP contribution in [0.25, 0.3) is 90.8 Å². The van der Waals surface area contributed by atoms with E-state index in [2.05, 4.69) is 194 Å². The number of rotatable bonds is 1. The number of anilines is 2. The summed E-state index contributed by atoms with van der Waals surface area (Å²) in [4.78, 5) is 2.71. The largest absolute Gasteiger partial charge is 0.456 e. The fourth-order valence-electron chi connectivity index (χ4n) is 12.3. The second-order valence-electron chi connectivity index (χ2n) is 23.2. The lowest BCUT2D eigenvalue weighted by molar-refractivity contribution is 0.332. The summed E-state index contributed by atoms with van der Waals surface area (Å²) in [5.41, 5.74) is 18.1. The first-order chi connectivity index (χ1) is 31.4. The van der Waals surface area contributed by atoms with Crippen molar-refractivity contribution in [3.63, 3.8) is 0 Å². The summed E-state index contributed by atoms with van der Waals surface area (Å²) in [5, 5.41) is 9.05. The molecular formula is C60H53BN2OS2. The Morgan fingerprint density at radius 3 is 1.98 bits per heavy atom. The molecule has 1 aliphatic carbocycles. The van der Waals surface area contributed by atoms with Crippen molar-refractivity contribution >= 4 is 125 Å². The molecule has 14 rings (SSSR count).